The summed E-state index contributed by atoms with van der Waals surface area (Å²) in [7, 11) is 0. The lowest BCUT2D eigenvalue weighted by atomic mass is 10.2. The fourth-order valence-electron chi connectivity index (χ4n) is 2.38. The lowest BCUT2D eigenvalue weighted by Gasteiger charge is -2.29. The molecule has 7 heteroatoms. The van der Waals surface area contributed by atoms with E-state index in [0.29, 0.717) is 18.8 Å². The van der Waals surface area contributed by atoms with Crippen LogP contribution in [0.25, 0.3) is 0 Å². The number of carbonyl (C=O) groups is 1. The first-order valence-corrected chi connectivity index (χ1v) is 9.06. The van der Waals surface area contributed by atoms with E-state index in [4.69, 9.17) is 4.74 Å². The highest BCUT2D eigenvalue weighted by Gasteiger charge is 2.18. The minimum Gasteiger partial charge on any atom is -0.378 e. The minimum absolute atomic E-state index is 0.141. The van der Waals surface area contributed by atoms with Crippen LogP contribution in [0.5, 0.6) is 0 Å². The zero-order chi connectivity index (χ0) is 16.2. The SMILES string of the molecule is O=C(Nc1cccnc1N1CCOCC1)c1cc(Br)ccc1I. The number of pyridine rings is 1. The molecule has 1 aromatic heterocycles. The molecule has 1 amide bonds. The predicted octanol–water partition coefficient (Wildman–Crippen LogP) is 3.54. The summed E-state index contributed by atoms with van der Waals surface area (Å²) in [5, 5.41) is 2.98. The number of hydrogen-bond acceptors (Lipinski definition) is 4. The van der Waals surface area contributed by atoms with E-state index in [9.17, 15) is 4.79 Å². The molecule has 5 nitrogen and oxygen atoms in total. The molecule has 0 saturated carbocycles. The molecule has 1 aliphatic rings. The van der Waals surface area contributed by atoms with Gasteiger partial charge in [-0.3, -0.25) is 4.79 Å². The van der Waals surface area contributed by atoms with Gasteiger partial charge in [0, 0.05) is 27.3 Å². The van der Waals surface area contributed by atoms with Crippen LogP contribution in [0.1, 0.15) is 10.4 Å². The minimum atomic E-state index is -0.141. The number of halogens is 2. The number of anilines is 2. The second kappa shape index (κ2) is 7.59. The zero-order valence-electron chi connectivity index (χ0n) is 12.3. The van der Waals surface area contributed by atoms with Crippen molar-refractivity contribution in [3.05, 3.63) is 50.1 Å². The van der Waals surface area contributed by atoms with Crippen molar-refractivity contribution in [2.75, 3.05) is 36.5 Å². The van der Waals surface area contributed by atoms with Gasteiger partial charge in [0.2, 0.25) is 0 Å². The Labute approximate surface area is 156 Å². The van der Waals surface area contributed by atoms with E-state index in [1.165, 1.54) is 0 Å². The Morgan fingerprint density at radius 1 is 1.30 bits per heavy atom. The maximum Gasteiger partial charge on any atom is 0.256 e. The zero-order valence-corrected chi connectivity index (χ0v) is 16.0. The van der Waals surface area contributed by atoms with Gasteiger partial charge in [0.25, 0.3) is 5.91 Å². The molecule has 0 aliphatic carbocycles. The van der Waals surface area contributed by atoms with Crippen LogP contribution >= 0.6 is 38.5 Å². The molecule has 3 rings (SSSR count). The molecular weight excluding hydrogens is 473 g/mol. The molecule has 23 heavy (non-hydrogen) atoms. The smallest absolute Gasteiger partial charge is 0.256 e. The van der Waals surface area contributed by atoms with Crippen LogP contribution in [0, 0.1) is 3.57 Å². The summed E-state index contributed by atoms with van der Waals surface area (Å²) in [4.78, 5) is 19.2. The van der Waals surface area contributed by atoms with E-state index < -0.39 is 0 Å². The van der Waals surface area contributed by atoms with Crippen LogP contribution in [0.4, 0.5) is 11.5 Å². The average molecular weight is 488 g/mol. The van der Waals surface area contributed by atoms with Gasteiger partial charge in [0.15, 0.2) is 5.82 Å². The molecule has 0 atom stereocenters. The third kappa shape index (κ3) is 4.02. The number of nitrogens with one attached hydrogen (secondary N) is 1. The molecule has 120 valence electrons. The molecular formula is C16H15BrIN3O2. The molecule has 1 saturated heterocycles. The maximum absolute atomic E-state index is 12.6. The number of ether oxygens (including phenoxy) is 1. The first-order valence-electron chi connectivity index (χ1n) is 7.19. The number of amides is 1. The van der Waals surface area contributed by atoms with E-state index in [2.05, 4.69) is 53.7 Å². The third-order valence-corrected chi connectivity index (χ3v) is 4.95. The van der Waals surface area contributed by atoms with Crippen molar-refractivity contribution in [3.63, 3.8) is 0 Å². The average Bonchev–Trinajstić information content (AvgIpc) is 2.58. The van der Waals surface area contributed by atoms with Crippen molar-refractivity contribution in [1.29, 1.82) is 0 Å². The van der Waals surface area contributed by atoms with Crippen LogP contribution in [-0.2, 0) is 4.74 Å². The molecule has 0 spiro atoms. The van der Waals surface area contributed by atoms with Crippen LogP contribution in [-0.4, -0.2) is 37.2 Å². The normalized spacial score (nSPS) is 14.6. The number of rotatable bonds is 3. The largest absolute Gasteiger partial charge is 0.378 e. The van der Waals surface area contributed by atoms with Gasteiger partial charge < -0.3 is 15.0 Å². The summed E-state index contributed by atoms with van der Waals surface area (Å²) in [6, 6.07) is 9.35. The van der Waals surface area contributed by atoms with E-state index in [0.717, 1.165) is 32.6 Å². The van der Waals surface area contributed by atoms with Crippen LogP contribution in [0.3, 0.4) is 0 Å². The predicted molar refractivity (Wildman–Crippen MR) is 102 cm³/mol. The summed E-state index contributed by atoms with van der Waals surface area (Å²) in [5.74, 6) is 0.646. The Morgan fingerprint density at radius 2 is 2.09 bits per heavy atom. The fraction of sp³-hybridized carbons (Fsp3) is 0.250. The highest BCUT2D eigenvalue weighted by atomic mass is 127. The number of hydrogen-bond donors (Lipinski definition) is 1. The molecule has 2 aromatic rings. The molecule has 0 unspecified atom stereocenters. The van der Waals surface area contributed by atoms with Gasteiger partial charge in [-0.1, -0.05) is 15.9 Å². The maximum atomic E-state index is 12.6. The topological polar surface area (TPSA) is 54.5 Å². The molecule has 0 radical (unpaired) electrons. The Kier molecular flexibility index (Phi) is 5.50. The molecule has 0 bridgehead atoms. The summed E-state index contributed by atoms with van der Waals surface area (Å²) < 4.78 is 7.16. The van der Waals surface area contributed by atoms with Crippen molar-refractivity contribution in [3.8, 4) is 0 Å². The summed E-state index contributed by atoms with van der Waals surface area (Å²) in [5.41, 5.74) is 1.35. The van der Waals surface area contributed by atoms with Crippen LogP contribution in [0.15, 0.2) is 41.0 Å². The second-order valence-electron chi connectivity index (χ2n) is 5.05. The van der Waals surface area contributed by atoms with Crippen LogP contribution in [0.2, 0.25) is 0 Å². The van der Waals surface area contributed by atoms with Crippen molar-refractivity contribution < 1.29 is 9.53 Å². The van der Waals surface area contributed by atoms with Crippen molar-refractivity contribution in [2.45, 2.75) is 0 Å². The molecule has 1 aromatic carbocycles. The van der Waals surface area contributed by atoms with Gasteiger partial charge in [-0.05, 0) is 52.9 Å². The van der Waals surface area contributed by atoms with Crippen molar-refractivity contribution in [1.82, 2.24) is 4.98 Å². The molecule has 2 heterocycles. The lowest BCUT2D eigenvalue weighted by molar-refractivity contribution is 0.102. The number of morpholine rings is 1. The first-order chi connectivity index (χ1) is 11.1. The van der Waals surface area contributed by atoms with E-state index in [1.807, 2.05) is 30.3 Å². The molecule has 1 aliphatic heterocycles. The number of benzene rings is 1. The lowest BCUT2D eigenvalue weighted by Crippen LogP contribution is -2.37. The summed E-state index contributed by atoms with van der Waals surface area (Å²) >= 11 is 5.57. The Hall–Kier alpha value is -1.19. The van der Waals surface area contributed by atoms with E-state index in [-0.39, 0.29) is 5.91 Å². The third-order valence-electron chi connectivity index (χ3n) is 3.52. The van der Waals surface area contributed by atoms with E-state index in [1.54, 1.807) is 6.20 Å². The van der Waals surface area contributed by atoms with Gasteiger partial charge in [-0.2, -0.15) is 0 Å². The van der Waals surface area contributed by atoms with Crippen LogP contribution < -0.4 is 10.2 Å². The van der Waals surface area contributed by atoms with Gasteiger partial charge in [-0.25, -0.2) is 4.98 Å². The standard InChI is InChI=1S/C16H15BrIN3O2/c17-11-3-4-13(18)12(10-11)16(22)20-14-2-1-5-19-15(14)21-6-8-23-9-7-21/h1-5,10H,6-9H2,(H,20,22). The summed E-state index contributed by atoms with van der Waals surface area (Å²) in [6.07, 6.45) is 1.74. The van der Waals surface area contributed by atoms with Gasteiger partial charge >= 0.3 is 0 Å². The van der Waals surface area contributed by atoms with Gasteiger partial charge in [-0.15, -0.1) is 0 Å². The highest BCUT2D eigenvalue weighted by molar-refractivity contribution is 14.1. The van der Waals surface area contributed by atoms with Crippen molar-refractivity contribution >= 4 is 55.9 Å². The monoisotopic (exact) mass is 487 g/mol. The fourth-order valence-corrected chi connectivity index (χ4v) is 3.32. The number of nitrogens with zero attached hydrogens (tertiary/aromatic N) is 2. The quantitative estimate of drug-likeness (QED) is 0.673. The van der Waals surface area contributed by atoms with Crippen molar-refractivity contribution in [2.24, 2.45) is 0 Å². The Bertz CT molecular complexity index is 720. The first kappa shape index (κ1) is 16.7. The van der Waals surface area contributed by atoms with Gasteiger partial charge in [0.1, 0.15) is 0 Å². The number of aromatic nitrogens is 1. The van der Waals surface area contributed by atoms with Gasteiger partial charge in [0.05, 0.1) is 24.5 Å². The summed E-state index contributed by atoms with van der Waals surface area (Å²) in [6.45, 7) is 2.89. The molecule has 1 N–H and O–H groups in total. The molecule has 1 fully saturated rings. The Balaban J connectivity index is 1.85. The number of carbonyl (C=O) groups excluding carboxylic acids is 1. The highest BCUT2D eigenvalue weighted by Crippen LogP contribution is 2.25. The Morgan fingerprint density at radius 3 is 2.87 bits per heavy atom. The second-order valence-corrected chi connectivity index (χ2v) is 7.13. The van der Waals surface area contributed by atoms with E-state index >= 15 is 0 Å².